The molecule has 0 aliphatic carbocycles. The highest BCUT2D eigenvalue weighted by molar-refractivity contribution is 14.1. The van der Waals surface area contributed by atoms with E-state index in [1.54, 1.807) is 6.07 Å². The van der Waals surface area contributed by atoms with E-state index in [0.29, 0.717) is 5.56 Å². The molecule has 0 atom stereocenters. The van der Waals surface area contributed by atoms with Gasteiger partial charge in [0.15, 0.2) is 0 Å². The molecule has 0 aliphatic rings. The topological polar surface area (TPSA) is 42.1 Å². The predicted octanol–water partition coefficient (Wildman–Crippen LogP) is 3.32. The minimum Gasteiger partial charge on any atom is -0.465 e. The molecule has 0 aliphatic heterocycles. The zero-order valence-corrected chi connectivity index (χ0v) is 11.5. The van der Waals surface area contributed by atoms with Gasteiger partial charge in [0.2, 0.25) is 0 Å². The standard InChI is InChI=1S/C10H7BrINO2/c1-15-10(14)6-3-2-5-7(12)4-13-9(5)8(6)11/h2-4,13H,1H3. The Kier molecular flexibility index (Phi) is 3.01. The molecule has 0 fully saturated rings. The molecule has 2 aromatic rings. The number of nitrogens with one attached hydrogen (secondary N) is 1. The van der Waals surface area contributed by atoms with E-state index in [0.717, 1.165) is 18.9 Å². The van der Waals surface area contributed by atoms with Crippen molar-refractivity contribution in [1.82, 2.24) is 4.98 Å². The monoisotopic (exact) mass is 379 g/mol. The van der Waals surface area contributed by atoms with Crippen LogP contribution in [0, 0.1) is 3.57 Å². The summed E-state index contributed by atoms with van der Waals surface area (Å²) in [5.74, 6) is -0.339. The van der Waals surface area contributed by atoms with Crippen LogP contribution in [0.4, 0.5) is 0 Å². The normalized spacial score (nSPS) is 10.6. The van der Waals surface area contributed by atoms with Crippen LogP contribution in [0.2, 0.25) is 0 Å². The van der Waals surface area contributed by atoms with Crippen molar-refractivity contribution in [3.8, 4) is 0 Å². The SMILES string of the molecule is COC(=O)c1ccc2c(I)c[nH]c2c1Br. The van der Waals surface area contributed by atoms with Crippen LogP contribution in [0.15, 0.2) is 22.8 Å². The van der Waals surface area contributed by atoms with Crippen LogP contribution >= 0.6 is 38.5 Å². The number of fused-ring (bicyclic) bond motifs is 1. The lowest BCUT2D eigenvalue weighted by Crippen LogP contribution is -2.02. The molecule has 1 N–H and O–H groups in total. The number of carbonyl (C=O) groups excluding carboxylic acids is 1. The van der Waals surface area contributed by atoms with E-state index in [2.05, 4.69) is 48.2 Å². The Hall–Kier alpha value is -0.560. The summed E-state index contributed by atoms with van der Waals surface area (Å²) >= 11 is 5.64. The van der Waals surface area contributed by atoms with Gasteiger partial charge in [-0.25, -0.2) is 4.79 Å². The van der Waals surface area contributed by atoms with Gasteiger partial charge in [-0.3, -0.25) is 0 Å². The van der Waals surface area contributed by atoms with Crippen LogP contribution in [-0.4, -0.2) is 18.1 Å². The molecule has 78 valence electrons. The lowest BCUT2D eigenvalue weighted by molar-refractivity contribution is 0.0600. The molecule has 1 aromatic carbocycles. The van der Waals surface area contributed by atoms with Crippen LogP contribution in [0.1, 0.15) is 10.4 Å². The molecule has 1 aromatic heterocycles. The summed E-state index contributed by atoms with van der Waals surface area (Å²) in [6, 6.07) is 3.67. The fourth-order valence-electron chi connectivity index (χ4n) is 1.40. The quantitative estimate of drug-likeness (QED) is 0.610. The molecule has 0 amide bonds. The maximum Gasteiger partial charge on any atom is 0.339 e. The van der Waals surface area contributed by atoms with Crippen LogP contribution in [0.25, 0.3) is 10.9 Å². The first kappa shape index (κ1) is 10.9. The van der Waals surface area contributed by atoms with Crippen molar-refractivity contribution < 1.29 is 9.53 Å². The molecule has 1 heterocycles. The first-order valence-corrected chi connectivity index (χ1v) is 6.05. The molecular formula is C10H7BrINO2. The van der Waals surface area contributed by atoms with Gasteiger partial charge in [-0.2, -0.15) is 0 Å². The zero-order valence-electron chi connectivity index (χ0n) is 7.80. The Bertz CT molecular complexity index is 535. The number of rotatable bonds is 1. The van der Waals surface area contributed by atoms with Gasteiger partial charge in [0.25, 0.3) is 0 Å². The number of hydrogen-bond donors (Lipinski definition) is 1. The number of esters is 1. The fraction of sp³-hybridized carbons (Fsp3) is 0.100. The number of H-pyrrole nitrogens is 1. The summed E-state index contributed by atoms with van der Waals surface area (Å²) < 4.78 is 6.56. The van der Waals surface area contributed by atoms with Crippen molar-refractivity contribution in [2.45, 2.75) is 0 Å². The Morgan fingerprint density at radius 2 is 2.27 bits per heavy atom. The zero-order chi connectivity index (χ0) is 11.0. The largest absolute Gasteiger partial charge is 0.465 e. The van der Waals surface area contributed by atoms with Gasteiger partial charge in [-0.05, 0) is 44.6 Å². The van der Waals surface area contributed by atoms with E-state index in [4.69, 9.17) is 0 Å². The van der Waals surface area contributed by atoms with Gasteiger partial charge in [0.1, 0.15) is 0 Å². The molecule has 2 rings (SSSR count). The number of aromatic amines is 1. The third-order valence-electron chi connectivity index (χ3n) is 2.15. The van der Waals surface area contributed by atoms with Crippen molar-refractivity contribution in [1.29, 1.82) is 0 Å². The second-order valence-corrected chi connectivity index (χ2v) is 4.93. The Balaban J connectivity index is 2.71. The summed E-state index contributed by atoms with van der Waals surface area (Å²) in [7, 11) is 1.37. The molecule has 0 radical (unpaired) electrons. The third kappa shape index (κ3) is 1.78. The summed E-state index contributed by atoms with van der Waals surface area (Å²) in [4.78, 5) is 14.5. The maximum atomic E-state index is 11.4. The van der Waals surface area contributed by atoms with E-state index >= 15 is 0 Å². The van der Waals surface area contributed by atoms with E-state index in [9.17, 15) is 4.79 Å². The van der Waals surface area contributed by atoms with Gasteiger partial charge in [-0.1, -0.05) is 6.07 Å². The van der Waals surface area contributed by atoms with Gasteiger partial charge < -0.3 is 9.72 Å². The minimum absolute atomic E-state index is 0.339. The Morgan fingerprint density at radius 3 is 2.93 bits per heavy atom. The van der Waals surface area contributed by atoms with Gasteiger partial charge in [-0.15, -0.1) is 0 Å². The summed E-state index contributed by atoms with van der Waals surface area (Å²) in [6.45, 7) is 0. The second kappa shape index (κ2) is 4.13. The van der Waals surface area contributed by atoms with Crippen LogP contribution in [0.3, 0.4) is 0 Å². The van der Waals surface area contributed by atoms with Crippen LogP contribution in [-0.2, 0) is 4.74 Å². The average molecular weight is 380 g/mol. The van der Waals surface area contributed by atoms with Crippen molar-refractivity contribution in [2.75, 3.05) is 7.11 Å². The highest BCUT2D eigenvalue weighted by atomic mass is 127. The van der Waals surface area contributed by atoms with Crippen LogP contribution in [0.5, 0.6) is 0 Å². The number of carbonyl (C=O) groups is 1. The van der Waals surface area contributed by atoms with Crippen molar-refractivity contribution in [3.63, 3.8) is 0 Å². The summed E-state index contributed by atoms with van der Waals surface area (Å²) in [6.07, 6.45) is 1.90. The molecular weight excluding hydrogens is 373 g/mol. The van der Waals surface area contributed by atoms with Crippen molar-refractivity contribution in [2.24, 2.45) is 0 Å². The van der Waals surface area contributed by atoms with E-state index in [1.165, 1.54) is 7.11 Å². The molecule has 0 bridgehead atoms. The Labute approximate surface area is 108 Å². The molecule has 0 unspecified atom stereocenters. The lowest BCUT2D eigenvalue weighted by Gasteiger charge is -2.03. The molecule has 5 heteroatoms. The van der Waals surface area contributed by atoms with Crippen molar-refractivity contribution in [3.05, 3.63) is 31.9 Å². The first-order valence-electron chi connectivity index (χ1n) is 4.18. The fourth-order valence-corrected chi connectivity index (χ4v) is 2.62. The predicted molar refractivity (Wildman–Crippen MR) is 70.1 cm³/mol. The molecule has 0 saturated heterocycles. The van der Waals surface area contributed by atoms with E-state index < -0.39 is 0 Å². The Morgan fingerprint density at radius 1 is 1.53 bits per heavy atom. The molecule has 0 spiro atoms. The summed E-state index contributed by atoms with van der Waals surface area (Å²) in [5, 5.41) is 1.09. The number of halogens is 2. The number of methoxy groups -OCH3 is 1. The highest BCUT2D eigenvalue weighted by Crippen LogP contribution is 2.30. The van der Waals surface area contributed by atoms with Crippen LogP contribution < -0.4 is 0 Å². The lowest BCUT2D eigenvalue weighted by atomic mass is 10.2. The third-order valence-corrected chi connectivity index (χ3v) is 3.86. The van der Waals surface area contributed by atoms with Gasteiger partial charge in [0, 0.05) is 15.2 Å². The number of aromatic nitrogens is 1. The molecule has 0 saturated carbocycles. The number of hydrogen-bond acceptors (Lipinski definition) is 2. The van der Waals surface area contributed by atoms with E-state index in [1.807, 2.05) is 12.3 Å². The minimum atomic E-state index is -0.339. The summed E-state index contributed by atoms with van der Waals surface area (Å²) in [5.41, 5.74) is 1.45. The van der Waals surface area contributed by atoms with Crippen molar-refractivity contribution >= 4 is 55.4 Å². The highest BCUT2D eigenvalue weighted by Gasteiger charge is 2.14. The number of benzene rings is 1. The first-order chi connectivity index (χ1) is 7.15. The smallest absolute Gasteiger partial charge is 0.339 e. The average Bonchev–Trinajstić information content (AvgIpc) is 2.61. The maximum absolute atomic E-state index is 11.4. The molecule has 15 heavy (non-hydrogen) atoms. The van der Waals surface area contributed by atoms with E-state index in [-0.39, 0.29) is 5.97 Å². The second-order valence-electron chi connectivity index (χ2n) is 2.98. The molecule has 3 nitrogen and oxygen atoms in total. The van der Waals surface area contributed by atoms with Gasteiger partial charge >= 0.3 is 5.97 Å². The number of ether oxygens (including phenoxy) is 1. The van der Waals surface area contributed by atoms with Gasteiger partial charge in [0.05, 0.1) is 22.7 Å².